The summed E-state index contributed by atoms with van der Waals surface area (Å²) in [6.07, 6.45) is 2.41. The second-order valence-corrected chi connectivity index (χ2v) is 6.59. The highest BCUT2D eigenvalue weighted by atomic mass is 35.7. The lowest BCUT2D eigenvalue weighted by molar-refractivity contribution is 0.0914. The van der Waals surface area contributed by atoms with Crippen molar-refractivity contribution in [2.45, 2.75) is 11.3 Å². The zero-order valence-corrected chi connectivity index (χ0v) is 12.7. The van der Waals surface area contributed by atoms with E-state index in [2.05, 4.69) is 11.9 Å². The Labute approximate surface area is 127 Å². The molecule has 0 heterocycles. The monoisotopic (exact) mass is 335 g/mol. The van der Waals surface area contributed by atoms with Crippen LogP contribution in [0.4, 0.5) is 4.39 Å². The maximum Gasteiger partial charge on any atom is 0.261 e. The Morgan fingerprint density at radius 2 is 2.14 bits per heavy atom. The summed E-state index contributed by atoms with van der Waals surface area (Å²) in [5, 5.41) is 2.46. The number of hydrogen-bond acceptors (Lipinski definition) is 4. The van der Waals surface area contributed by atoms with Crippen molar-refractivity contribution in [3.63, 3.8) is 0 Å². The Balaban J connectivity index is 2.57. The normalized spacial score (nSPS) is 11.1. The number of rotatable bonds is 8. The molecule has 0 aliphatic heterocycles. The summed E-state index contributed by atoms with van der Waals surface area (Å²) in [6, 6.07) is 2.84. The van der Waals surface area contributed by atoms with E-state index < -0.39 is 25.7 Å². The molecule has 0 aliphatic carbocycles. The highest BCUT2D eigenvalue weighted by molar-refractivity contribution is 8.13. The number of carbonyl (C=O) groups is 1. The predicted octanol–water partition coefficient (Wildman–Crippen LogP) is 2.08. The summed E-state index contributed by atoms with van der Waals surface area (Å²) in [5.74, 6) is -1.61. The minimum Gasteiger partial charge on any atom is -0.379 e. The van der Waals surface area contributed by atoms with E-state index in [1.807, 2.05) is 0 Å². The van der Waals surface area contributed by atoms with Crippen LogP contribution in [0.15, 0.2) is 35.7 Å². The van der Waals surface area contributed by atoms with Crippen LogP contribution in [0.2, 0.25) is 0 Å². The molecule has 0 saturated heterocycles. The van der Waals surface area contributed by atoms with Gasteiger partial charge in [-0.15, -0.1) is 6.58 Å². The Morgan fingerprint density at radius 1 is 1.43 bits per heavy atom. The van der Waals surface area contributed by atoms with Gasteiger partial charge in [-0.25, -0.2) is 12.8 Å². The van der Waals surface area contributed by atoms with Crippen molar-refractivity contribution < 1.29 is 22.3 Å². The van der Waals surface area contributed by atoms with Gasteiger partial charge in [-0.2, -0.15) is 0 Å². The highest BCUT2D eigenvalue weighted by Crippen LogP contribution is 2.18. The van der Waals surface area contributed by atoms with Crippen LogP contribution in [-0.4, -0.2) is 34.1 Å². The molecule has 0 atom stereocenters. The molecule has 0 saturated carbocycles. The molecule has 0 bridgehead atoms. The molecule has 1 amide bonds. The molecule has 1 aromatic carbocycles. The number of hydrogen-bond donors (Lipinski definition) is 1. The van der Waals surface area contributed by atoms with Crippen molar-refractivity contribution in [2.75, 3.05) is 19.8 Å². The Hall–Kier alpha value is -1.44. The lowest BCUT2D eigenvalue weighted by atomic mass is 10.2. The van der Waals surface area contributed by atoms with Gasteiger partial charge in [0.25, 0.3) is 15.0 Å². The summed E-state index contributed by atoms with van der Waals surface area (Å²) in [7, 11) is 1.06. The number of amides is 1. The average Bonchev–Trinajstić information content (AvgIpc) is 2.41. The molecule has 0 fully saturated rings. The first-order chi connectivity index (χ1) is 9.86. The van der Waals surface area contributed by atoms with Gasteiger partial charge in [0.1, 0.15) is 5.82 Å². The van der Waals surface area contributed by atoms with E-state index in [1.165, 1.54) is 0 Å². The quantitative estimate of drug-likeness (QED) is 0.448. The van der Waals surface area contributed by atoms with Crippen LogP contribution in [0.5, 0.6) is 0 Å². The third kappa shape index (κ3) is 5.82. The number of benzene rings is 1. The second kappa shape index (κ2) is 8.11. The molecule has 0 aliphatic rings. The van der Waals surface area contributed by atoms with Gasteiger partial charge in [0.2, 0.25) is 0 Å². The van der Waals surface area contributed by atoms with Crippen LogP contribution >= 0.6 is 10.7 Å². The summed E-state index contributed by atoms with van der Waals surface area (Å²) >= 11 is 0. The van der Waals surface area contributed by atoms with Gasteiger partial charge in [0.05, 0.1) is 23.7 Å². The van der Waals surface area contributed by atoms with E-state index in [4.69, 9.17) is 15.4 Å². The zero-order chi connectivity index (χ0) is 15.9. The number of halogens is 2. The van der Waals surface area contributed by atoms with Crippen LogP contribution in [0, 0.1) is 5.82 Å². The maximum absolute atomic E-state index is 13.7. The molecule has 1 rings (SSSR count). The van der Waals surface area contributed by atoms with Crippen LogP contribution in [0.25, 0.3) is 0 Å². The van der Waals surface area contributed by atoms with E-state index in [9.17, 15) is 17.6 Å². The van der Waals surface area contributed by atoms with Crippen LogP contribution < -0.4 is 5.32 Å². The van der Waals surface area contributed by atoms with Gasteiger partial charge in [-0.05, 0) is 24.6 Å². The molecular formula is C13H15ClFNO4S. The van der Waals surface area contributed by atoms with Crippen molar-refractivity contribution in [2.24, 2.45) is 0 Å². The first-order valence-corrected chi connectivity index (χ1v) is 8.38. The van der Waals surface area contributed by atoms with E-state index in [0.29, 0.717) is 19.1 Å². The Kier molecular flexibility index (Phi) is 6.80. The fourth-order valence-corrected chi connectivity index (χ4v) is 2.20. The second-order valence-electron chi connectivity index (χ2n) is 4.03. The SMILES string of the molecule is C=CCCOCCNC(=O)c1ccc(S(=O)(=O)Cl)cc1F. The minimum absolute atomic E-state index is 0.213. The highest BCUT2D eigenvalue weighted by Gasteiger charge is 2.16. The van der Waals surface area contributed by atoms with Gasteiger partial charge >= 0.3 is 0 Å². The third-order valence-electron chi connectivity index (χ3n) is 2.46. The van der Waals surface area contributed by atoms with Crippen LogP contribution in [0.1, 0.15) is 16.8 Å². The summed E-state index contributed by atoms with van der Waals surface area (Å²) in [4.78, 5) is 11.3. The Morgan fingerprint density at radius 3 is 2.71 bits per heavy atom. The third-order valence-corrected chi connectivity index (χ3v) is 3.82. The van der Waals surface area contributed by atoms with Crippen molar-refractivity contribution in [3.05, 3.63) is 42.2 Å². The van der Waals surface area contributed by atoms with Gasteiger partial charge in [-0.1, -0.05) is 6.08 Å². The first-order valence-electron chi connectivity index (χ1n) is 6.07. The zero-order valence-electron chi connectivity index (χ0n) is 11.1. The molecule has 21 heavy (non-hydrogen) atoms. The fourth-order valence-electron chi connectivity index (χ4n) is 1.43. The van der Waals surface area contributed by atoms with Crippen molar-refractivity contribution in [1.82, 2.24) is 5.32 Å². The van der Waals surface area contributed by atoms with Crippen molar-refractivity contribution in [3.8, 4) is 0 Å². The first kappa shape index (κ1) is 17.6. The number of ether oxygens (including phenoxy) is 1. The van der Waals surface area contributed by atoms with E-state index >= 15 is 0 Å². The fraction of sp³-hybridized carbons (Fsp3) is 0.308. The summed E-state index contributed by atoms with van der Waals surface area (Å²) in [5.41, 5.74) is -0.259. The summed E-state index contributed by atoms with van der Waals surface area (Å²) < 4.78 is 40.9. The molecule has 116 valence electrons. The molecule has 5 nitrogen and oxygen atoms in total. The standard InChI is InChI=1S/C13H15ClFNO4S/c1-2-3-7-20-8-6-16-13(17)11-5-4-10(9-12(11)15)21(14,18)19/h2,4-5,9H,1,3,6-8H2,(H,16,17). The number of carbonyl (C=O) groups excluding carboxylic acids is 1. The van der Waals surface area contributed by atoms with E-state index in [0.717, 1.165) is 12.1 Å². The average molecular weight is 336 g/mol. The largest absolute Gasteiger partial charge is 0.379 e. The molecule has 8 heteroatoms. The maximum atomic E-state index is 13.7. The molecule has 0 radical (unpaired) electrons. The van der Waals surface area contributed by atoms with Crippen molar-refractivity contribution in [1.29, 1.82) is 0 Å². The number of nitrogens with one attached hydrogen (secondary N) is 1. The van der Waals surface area contributed by atoms with Gasteiger partial charge in [0, 0.05) is 17.2 Å². The molecule has 0 spiro atoms. The van der Waals surface area contributed by atoms with E-state index in [1.54, 1.807) is 6.08 Å². The Bertz CT molecular complexity index is 619. The van der Waals surface area contributed by atoms with Gasteiger partial charge < -0.3 is 10.1 Å². The smallest absolute Gasteiger partial charge is 0.261 e. The topological polar surface area (TPSA) is 72.5 Å². The molecular weight excluding hydrogens is 321 g/mol. The van der Waals surface area contributed by atoms with Crippen LogP contribution in [-0.2, 0) is 13.8 Å². The lowest BCUT2D eigenvalue weighted by Crippen LogP contribution is -2.28. The lowest BCUT2D eigenvalue weighted by Gasteiger charge is -2.07. The summed E-state index contributed by atoms with van der Waals surface area (Å²) in [6.45, 7) is 4.53. The van der Waals surface area contributed by atoms with Gasteiger partial charge in [-0.3, -0.25) is 4.79 Å². The van der Waals surface area contributed by atoms with E-state index in [-0.39, 0.29) is 18.7 Å². The predicted molar refractivity (Wildman–Crippen MR) is 77.4 cm³/mol. The minimum atomic E-state index is -4.03. The molecule has 0 aromatic heterocycles. The molecule has 1 aromatic rings. The van der Waals surface area contributed by atoms with Crippen LogP contribution in [0.3, 0.4) is 0 Å². The van der Waals surface area contributed by atoms with Crippen molar-refractivity contribution >= 4 is 25.6 Å². The molecule has 1 N–H and O–H groups in total. The molecule has 0 unspecified atom stereocenters. The van der Waals surface area contributed by atoms with Gasteiger partial charge in [0.15, 0.2) is 0 Å².